The Morgan fingerprint density at radius 1 is 1.39 bits per heavy atom. The quantitative estimate of drug-likeness (QED) is 0.749. The first kappa shape index (κ1) is 14.8. The highest BCUT2D eigenvalue weighted by Crippen LogP contribution is 2.03. The molecule has 0 bridgehead atoms. The number of carbonyl (C=O) groups is 1. The van der Waals surface area contributed by atoms with Crippen LogP contribution in [0.4, 0.5) is 0 Å². The average Bonchev–Trinajstić information content (AvgIpc) is 2.36. The van der Waals surface area contributed by atoms with E-state index in [0.717, 1.165) is 6.54 Å². The van der Waals surface area contributed by atoms with Gasteiger partial charge in [0.05, 0.1) is 6.04 Å². The van der Waals surface area contributed by atoms with Crippen LogP contribution >= 0.6 is 0 Å². The van der Waals surface area contributed by atoms with Crippen LogP contribution in [0.3, 0.4) is 0 Å². The second-order valence-corrected chi connectivity index (χ2v) is 4.39. The van der Waals surface area contributed by atoms with E-state index in [0.29, 0.717) is 13.2 Å². The van der Waals surface area contributed by atoms with Crippen molar-refractivity contribution < 1.29 is 9.53 Å². The summed E-state index contributed by atoms with van der Waals surface area (Å²) in [5, 5.41) is 0. The molecule has 0 amide bonds. The highest BCUT2D eigenvalue weighted by atomic mass is 16.5. The van der Waals surface area contributed by atoms with Gasteiger partial charge >= 0.3 is 0 Å². The Kier molecular flexibility index (Phi) is 6.57. The van der Waals surface area contributed by atoms with Crippen LogP contribution < -0.4 is 5.73 Å². The van der Waals surface area contributed by atoms with Crippen LogP contribution in [0.2, 0.25) is 0 Å². The molecule has 0 heterocycles. The molecule has 0 aliphatic heterocycles. The van der Waals surface area contributed by atoms with Crippen molar-refractivity contribution in [2.45, 2.75) is 19.5 Å². The standard InChI is InChI=1S/C14H22N2O2/c1-3-18-11-14(17)13(15)10-16(2)9-12-7-5-4-6-8-12/h4-8,13H,3,9-11,15H2,1-2H3. The number of benzene rings is 1. The van der Waals surface area contributed by atoms with E-state index < -0.39 is 6.04 Å². The fourth-order valence-corrected chi connectivity index (χ4v) is 1.71. The van der Waals surface area contributed by atoms with Gasteiger partial charge in [0.15, 0.2) is 5.78 Å². The summed E-state index contributed by atoms with van der Waals surface area (Å²) in [5.41, 5.74) is 7.05. The molecule has 1 unspecified atom stereocenters. The lowest BCUT2D eigenvalue weighted by atomic mass is 10.1. The second kappa shape index (κ2) is 7.97. The Morgan fingerprint density at radius 3 is 2.67 bits per heavy atom. The summed E-state index contributed by atoms with van der Waals surface area (Å²) < 4.78 is 5.07. The van der Waals surface area contributed by atoms with E-state index in [1.807, 2.05) is 37.1 Å². The van der Waals surface area contributed by atoms with Crippen LogP contribution in [-0.2, 0) is 16.1 Å². The van der Waals surface area contributed by atoms with Gasteiger partial charge in [0.1, 0.15) is 6.61 Å². The number of nitrogens with zero attached hydrogens (tertiary/aromatic N) is 1. The highest BCUT2D eigenvalue weighted by molar-refractivity contribution is 5.85. The monoisotopic (exact) mass is 250 g/mol. The summed E-state index contributed by atoms with van der Waals surface area (Å²) >= 11 is 0. The lowest BCUT2D eigenvalue weighted by molar-refractivity contribution is -0.125. The lowest BCUT2D eigenvalue weighted by Gasteiger charge is -2.20. The first-order valence-electron chi connectivity index (χ1n) is 6.22. The molecular weight excluding hydrogens is 228 g/mol. The smallest absolute Gasteiger partial charge is 0.176 e. The second-order valence-electron chi connectivity index (χ2n) is 4.39. The predicted molar refractivity (Wildman–Crippen MR) is 72.3 cm³/mol. The number of carbonyl (C=O) groups excluding carboxylic acids is 1. The van der Waals surface area contributed by atoms with E-state index in [9.17, 15) is 4.79 Å². The summed E-state index contributed by atoms with van der Waals surface area (Å²) in [6.45, 7) is 3.84. The van der Waals surface area contributed by atoms with E-state index in [1.165, 1.54) is 5.56 Å². The maximum absolute atomic E-state index is 11.6. The molecule has 2 N–H and O–H groups in total. The Hall–Kier alpha value is -1.23. The molecule has 4 nitrogen and oxygen atoms in total. The average molecular weight is 250 g/mol. The van der Waals surface area contributed by atoms with Gasteiger partial charge in [0.2, 0.25) is 0 Å². The first-order valence-corrected chi connectivity index (χ1v) is 6.22. The molecule has 0 fully saturated rings. The van der Waals surface area contributed by atoms with Gasteiger partial charge in [0.25, 0.3) is 0 Å². The third-order valence-corrected chi connectivity index (χ3v) is 2.67. The summed E-state index contributed by atoms with van der Waals surface area (Å²) in [5.74, 6) is -0.0447. The lowest BCUT2D eigenvalue weighted by Crippen LogP contribution is -2.42. The number of hydrogen-bond acceptors (Lipinski definition) is 4. The largest absolute Gasteiger partial charge is 0.374 e. The van der Waals surface area contributed by atoms with E-state index >= 15 is 0 Å². The van der Waals surface area contributed by atoms with Crippen LogP contribution in [-0.4, -0.2) is 43.5 Å². The van der Waals surface area contributed by atoms with Crippen LogP contribution in [0.5, 0.6) is 0 Å². The minimum Gasteiger partial charge on any atom is -0.374 e. The Morgan fingerprint density at radius 2 is 2.06 bits per heavy atom. The molecule has 1 aromatic carbocycles. The molecule has 1 rings (SSSR count). The fraction of sp³-hybridized carbons (Fsp3) is 0.500. The summed E-state index contributed by atoms with van der Waals surface area (Å²) in [6, 6.07) is 9.63. The van der Waals surface area contributed by atoms with E-state index in [1.54, 1.807) is 0 Å². The molecule has 4 heteroatoms. The van der Waals surface area contributed by atoms with E-state index in [2.05, 4.69) is 12.1 Å². The van der Waals surface area contributed by atoms with E-state index in [-0.39, 0.29) is 12.4 Å². The number of likely N-dealkylation sites (N-methyl/N-ethyl adjacent to an activating group) is 1. The normalized spacial score (nSPS) is 12.7. The minimum atomic E-state index is -0.481. The zero-order valence-electron chi connectivity index (χ0n) is 11.1. The molecule has 0 aliphatic carbocycles. The van der Waals surface area contributed by atoms with Crippen LogP contribution in [0.15, 0.2) is 30.3 Å². The van der Waals surface area contributed by atoms with Gasteiger partial charge in [-0.3, -0.25) is 4.79 Å². The van der Waals surface area contributed by atoms with Crippen molar-refractivity contribution in [1.82, 2.24) is 4.90 Å². The third-order valence-electron chi connectivity index (χ3n) is 2.67. The van der Waals surface area contributed by atoms with Crippen LogP contribution in [0.25, 0.3) is 0 Å². The SMILES string of the molecule is CCOCC(=O)C(N)CN(C)Cc1ccccc1. The minimum absolute atomic E-state index is 0.0447. The zero-order valence-corrected chi connectivity index (χ0v) is 11.1. The number of ketones is 1. The van der Waals surface area contributed by atoms with Gasteiger partial charge in [-0.05, 0) is 19.5 Å². The first-order chi connectivity index (χ1) is 8.63. The molecule has 1 aromatic rings. The maximum Gasteiger partial charge on any atom is 0.176 e. The third kappa shape index (κ3) is 5.40. The Labute approximate surface area is 109 Å². The fourth-order valence-electron chi connectivity index (χ4n) is 1.71. The summed E-state index contributed by atoms with van der Waals surface area (Å²) in [6.07, 6.45) is 0. The number of ether oxygens (including phenoxy) is 1. The van der Waals surface area contributed by atoms with Crippen LogP contribution in [0, 0.1) is 0 Å². The summed E-state index contributed by atoms with van der Waals surface area (Å²) in [7, 11) is 1.96. The van der Waals surface area contributed by atoms with Gasteiger partial charge in [0, 0.05) is 19.7 Å². The van der Waals surface area contributed by atoms with Gasteiger partial charge in [-0.25, -0.2) is 0 Å². The van der Waals surface area contributed by atoms with Crippen molar-refractivity contribution in [3.8, 4) is 0 Å². The molecule has 0 aromatic heterocycles. The van der Waals surface area contributed by atoms with Crippen molar-refractivity contribution in [1.29, 1.82) is 0 Å². The zero-order chi connectivity index (χ0) is 13.4. The predicted octanol–water partition coefficient (Wildman–Crippen LogP) is 1.05. The van der Waals surface area contributed by atoms with Crippen molar-refractivity contribution in [2.75, 3.05) is 26.8 Å². The topological polar surface area (TPSA) is 55.6 Å². The number of Topliss-reactive ketones (excluding diaryl/α,β-unsaturated/α-hetero) is 1. The molecular formula is C14H22N2O2. The van der Waals surface area contributed by atoms with Gasteiger partial charge in [-0.1, -0.05) is 30.3 Å². The molecule has 0 radical (unpaired) electrons. The van der Waals surface area contributed by atoms with Gasteiger partial charge < -0.3 is 15.4 Å². The van der Waals surface area contributed by atoms with Crippen molar-refractivity contribution >= 4 is 5.78 Å². The molecule has 0 spiro atoms. The molecule has 0 saturated heterocycles. The van der Waals surface area contributed by atoms with Crippen molar-refractivity contribution in [2.24, 2.45) is 5.73 Å². The van der Waals surface area contributed by atoms with Crippen LogP contribution in [0.1, 0.15) is 12.5 Å². The molecule has 100 valence electrons. The van der Waals surface area contributed by atoms with Crippen molar-refractivity contribution in [3.05, 3.63) is 35.9 Å². The van der Waals surface area contributed by atoms with Gasteiger partial charge in [-0.2, -0.15) is 0 Å². The van der Waals surface area contributed by atoms with Gasteiger partial charge in [-0.15, -0.1) is 0 Å². The molecule has 18 heavy (non-hydrogen) atoms. The molecule has 0 aliphatic rings. The van der Waals surface area contributed by atoms with E-state index in [4.69, 9.17) is 10.5 Å². The Balaban J connectivity index is 2.35. The Bertz CT molecular complexity index is 354. The number of nitrogens with two attached hydrogens (primary N) is 1. The number of hydrogen-bond donors (Lipinski definition) is 1. The molecule has 0 saturated carbocycles. The molecule has 1 atom stereocenters. The van der Waals surface area contributed by atoms with Crippen molar-refractivity contribution in [3.63, 3.8) is 0 Å². The highest BCUT2D eigenvalue weighted by Gasteiger charge is 2.15. The maximum atomic E-state index is 11.6. The summed E-state index contributed by atoms with van der Waals surface area (Å²) in [4.78, 5) is 13.7. The number of rotatable bonds is 8.